The molecule has 2 atom stereocenters. The second kappa shape index (κ2) is 7.69. The van der Waals surface area contributed by atoms with Gasteiger partial charge in [0, 0.05) is 17.4 Å². The number of nitrogens with one attached hydrogen (secondary N) is 2. The van der Waals surface area contributed by atoms with Crippen LogP contribution in [0.2, 0.25) is 0 Å². The van der Waals surface area contributed by atoms with Gasteiger partial charge in [0.05, 0.1) is 11.5 Å². The van der Waals surface area contributed by atoms with E-state index in [0.717, 1.165) is 22.3 Å². The van der Waals surface area contributed by atoms with Crippen molar-refractivity contribution in [3.8, 4) is 0 Å². The van der Waals surface area contributed by atoms with E-state index in [1.807, 2.05) is 60.7 Å². The molecule has 3 aromatic rings. The zero-order valence-corrected chi connectivity index (χ0v) is 18.3. The molecule has 1 fully saturated rings. The van der Waals surface area contributed by atoms with Crippen LogP contribution in [0.1, 0.15) is 28.3 Å². The molecular formula is C26H22N4O4. The van der Waals surface area contributed by atoms with Crippen LogP contribution in [0.3, 0.4) is 0 Å². The molecule has 6 rings (SSSR count). The third-order valence-corrected chi connectivity index (χ3v) is 6.94. The molecule has 8 nitrogen and oxygen atoms in total. The number of carbonyl (C=O) groups excluding carboxylic acids is 3. The Labute approximate surface area is 195 Å². The molecule has 1 unspecified atom stereocenters. The first-order chi connectivity index (χ1) is 16.5. The molecule has 1 aliphatic carbocycles. The van der Waals surface area contributed by atoms with E-state index in [1.54, 1.807) is 6.20 Å². The van der Waals surface area contributed by atoms with E-state index in [-0.39, 0.29) is 31.0 Å². The minimum atomic E-state index is -0.656. The number of benzene rings is 2. The Morgan fingerprint density at radius 1 is 1.09 bits per heavy atom. The summed E-state index contributed by atoms with van der Waals surface area (Å²) < 4.78 is 5.20. The normalized spacial score (nSPS) is 22.4. The fraction of sp³-hybridized carbons (Fsp3) is 0.231. The predicted molar refractivity (Wildman–Crippen MR) is 124 cm³/mol. The summed E-state index contributed by atoms with van der Waals surface area (Å²) in [5.74, 6) is 0.280. The first-order valence-electron chi connectivity index (χ1n) is 11.2. The van der Waals surface area contributed by atoms with Crippen LogP contribution in [0, 0.1) is 0 Å². The van der Waals surface area contributed by atoms with E-state index in [1.165, 1.54) is 4.90 Å². The molecule has 1 spiro atoms. The third-order valence-electron chi connectivity index (χ3n) is 6.94. The number of carbonyl (C=O) groups is 3. The molecule has 0 radical (unpaired) electrons. The molecule has 170 valence electrons. The monoisotopic (exact) mass is 454 g/mol. The molecule has 3 aliphatic rings. The van der Waals surface area contributed by atoms with Crippen molar-refractivity contribution in [1.29, 1.82) is 0 Å². The van der Waals surface area contributed by atoms with E-state index in [2.05, 4.69) is 15.6 Å². The summed E-state index contributed by atoms with van der Waals surface area (Å²) in [6.07, 6.45) is 2.32. The van der Waals surface area contributed by atoms with Crippen LogP contribution in [-0.2, 0) is 32.6 Å². The van der Waals surface area contributed by atoms with E-state index in [9.17, 15) is 14.4 Å². The van der Waals surface area contributed by atoms with Crippen molar-refractivity contribution in [2.75, 3.05) is 23.8 Å². The van der Waals surface area contributed by atoms with Crippen LogP contribution in [-0.4, -0.2) is 40.9 Å². The maximum atomic E-state index is 12.9. The van der Waals surface area contributed by atoms with E-state index < -0.39 is 11.5 Å². The Balaban J connectivity index is 1.18. The summed E-state index contributed by atoms with van der Waals surface area (Å²) in [4.78, 5) is 43.7. The number of nitrogens with zero attached hydrogens (tertiary/aromatic N) is 2. The quantitative estimate of drug-likeness (QED) is 0.631. The van der Waals surface area contributed by atoms with Crippen molar-refractivity contribution in [2.45, 2.75) is 24.3 Å². The van der Waals surface area contributed by atoms with Gasteiger partial charge in [0.25, 0.3) is 0 Å². The number of rotatable bonds is 4. The Kier molecular flexibility index (Phi) is 4.62. The maximum absolute atomic E-state index is 12.9. The standard InChI is InChI=1S/C26H22N4O4/c31-22(14-30-21(15-34-25(30)33)16-5-2-1-3-6-16)28-19-9-8-17-12-26(13-18(17)11-19)20-7-4-10-27-23(20)29-24(26)32/h1-11,21H,12-15H2,(H,28,31)(H,27,29,32)/t21-,26?/m0/s1. The van der Waals surface area contributed by atoms with Gasteiger partial charge in [0.2, 0.25) is 11.8 Å². The van der Waals surface area contributed by atoms with Gasteiger partial charge < -0.3 is 15.4 Å². The van der Waals surface area contributed by atoms with Crippen LogP contribution in [0.4, 0.5) is 16.3 Å². The van der Waals surface area contributed by atoms with Gasteiger partial charge in [0.15, 0.2) is 0 Å². The number of cyclic esters (lactones) is 1. The molecule has 0 bridgehead atoms. The molecule has 34 heavy (non-hydrogen) atoms. The van der Waals surface area contributed by atoms with Crippen LogP contribution in [0.15, 0.2) is 66.9 Å². The lowest BCUT2D eigenvalue weighted by Gasteiger charge is -2.21. The highest BCUT2D eigenvalue weighted by molar-refractivity contribution is 6.06. The molecule has 8 heteroatoms. The summed E-state index contributed by atoms with van der Waals surface area (Å²) in [5.41, 5.74) is 3.92. The number of pyridine rings is 1. The van der Waals surface area contributed by atoms with Crippen molar-refractivity contribution in [3.63, 3.8) is 0 Å². The summed E-state index contributed by atoms with van der Waals surface area (Å²) >= 11 is 0. The lowest BCUT2D eigenvalue weighted by Crippen LogP contribution is -2.35. The number of hydrogen-bond acceptors (Lipinski definition) is 5. The molecule has 2 aromatic carbocycles. The number of ether oxygens (including phenoxy) is 1. The van der Waals surface area contributed by atoms with Crippen molar-refractivity contribution < 1.29 is 19.1 Å². The Morgan fingerprint density at radius 3 is 2.76 bits per heavy atom. The Morgan fingerprint density at radius 2 is 1.91 bits per heavy atom. The Bertz CT molecular complexity index is 1330. The number of aromatic nitrogens is 1. The minimum absolute atomic E-state index is 0.0394. The largest absolute Gasteiger partial charge is 0.447 e. The van der Waals surface area contributed by atoms with Crippen molar-refractivity contribution >= 4 is 29.4 Å². The van der Waals surface area contributed by atoms with E-state index in [4.69, 9.17) is 4.74 Å². The molecule has 1 saturated heterocycles. The highest BCUT2D eigenvalue weighted by Crippen LogP contribution is 2.46. The zero-order valence-electron chi connectivity index (χ0n) is 18.3. The van der Waals surface area contributed by atoms with Gasteiger partial charge in [-0.25, -0.2) is 9.78 Å². The van der Waals surface area contributed by atoms with Gasteiger partial charge in [-0.05, 0) is 47.7 Å². The minimum Gasteiger partial charge on any atom is -0.447 e. The second-order valence-electron chi connectivity index (χ2n) is 8.95. The summed E-state index contributed by atoms with van der Waals surface area (Å²) in [7, 11) is 0. The number of hydrogen-bond donors (Lipinski definition) is 2. The first-order valence-corrected chi connectivity index (χ1v) is 11.2. The first kappa shape index (κ1) is 20.4. The van der Waals surface area contributed by atoms with Crippen LogP contribution in [0.5, 0.6) is 0 Å². The van der Waals surface area contributed by atoms with Gasteiger partial charge >= 0.3 is 6.09 Å². The second-order valence-corrected chi connectivity index (χ2v) is 8.95. The molecule has 3 heterocycles. The van der Waals surface area contributed by atoms with Gasteiger partial charge in [-0.3, -0.25) is 14.5 Å². The summed E-state index contributed by atoms with van der Waals surface area (Å²) in [6, 6.07) is 18.7. The topological polar surface area (TPSA) is 101 Å². The fourth-order valence-corrected chi connectivity index (χ4v) is 5.28. The van der Waals surface area contributed by atoms with Crippen LogP contribution < -0.4 is 10.6 Å². The lowest BCUT2D eigenvalue weighted by molar-refractivity contribution is -0.120. The highest BCUT2D eigenvalue weighted by Gasteiger charge is 2.51. The summed E-state index contributed by atoms with van der Waals surface area (Å²) in [6.45, 7) is 0.107. The van der Waals surface area contributed by atoms with Gasteiger partial charge in [0.1, 0.15) is 19.0 Å². The van der Waals surface area contributed by atoms with Crippen molar-refractivity contribution in [1.82, 2.24) is 9.88 Å². The number of anilines is 2. The summed E-state index contributed by atoms with van der Waals surface area (Å²) in [5, 5.41) is 5.80. The molecule has 2 N–H and O–H groups in total. The third kappa shape index (κ3) is 3.22. The molecule has 0 saturated carbocycles. The van der Waals surface area contributed by atoms with Crippen LogP contribution >= 0.6 is 0 Å². The van der Waals surface area contributed by atoms with E-state index in [0.29, 0.717) is 24.3 Å². The molecular weight excluding hydrogens is 432 g/mol. The van der Waals surface area contributed by atoms with Gasteiger partial charge in [-0.15, -0.1) is 0 Å². The Hall–Kier alpha value is -4.20. The fourth-order valence-electron chi connectivity index (χ4n) is 5.28. The van der Waals surface area contributed by atoms with Crippen molar-refractivity contribution in [3.05, 3.63) is 89.1 Å². The van der Waals surface area contributed by atoms with Crippen LogP contribution in [0.25, 0.3) is 0 Å². The molecule has 3 amide bonds. The maximum Gasteiger partial charge on any atom is 0.410 e. The SMILES string of the molecule is O=C(CN1C(=O)OC[C@H]1c1ccccc1)Nc1ccc2c(c1)CC1(C2)C(=O)Nc2ncccc21. The lowest BCUT2D eigenvalue weighted by atomic mass is 9.79. The number of amides is 3. The highest BCUT2D eigenvalue weighted by atomic mass is 16.6. The molecule has 2 aliphatic heterocycles. The average Bonchev–Trinajstić information content (AvgIpc) is 3.49. The molecule has 1 aromatic heterocycles. The van der Waals surface area contributed by atoms with Gasteiger partial charge in [-0.2, -0.15) is 0 Å². The predicted octanol–water partition coefficient (Wildman–Crippen LogP) is 3.20. The zero-order chi connectivity index (χ0) is 23.3. The van der Waals surface area contributed by atoms with E-state index >= 15 is 0 Å². The average molecular weight is 454 g/mol. The van der Waals surface area contributed by atoms with Crippen molar-refractivity contribution in [2.24, 2.45) is 0 Å². The smallest absolute Gasteiger partial charge is 0.410 e. The number of fused-ring (bicyclic) bond motifs is 3. The van der Waals surface area contributed by atoms with Gasteiger partial charge in [-0.1, -0.05) is 42.5 Å².